The van der Waals surface area contributed by atoms with Gasteiger partial charge in [-0.3, -0.25) is 10.1 Å². The Labute approximate surface area is 61.4 Å². The number of nitrogens with two attached hydrogens (primary N) is 1. The van der Waals surface area contributed by atoms with E-state index in [2.05, 4.69) is 0 Å². The van der Waals surface area contributed by atoms with Crippen molar-refractivity contribution in [2.24, 2.45) is 0 Å². The smallest absolute Gasteiger partial charge is 0.326 e. The van der Waals surface area contributed by atoms with E-state index in [4.69, 9.17) is 5.73 Å². The lowest BCUT2D eigenvalue weighted by Crippen LogP contribution is -1.80. The molecule has 0 atom stereocenters. The molecule has 0 amide bonds. The molecule has 4 nitrogen and oxygen atoms in total. The second-order valence-electron chi connectivity index (χ2n) is 1.89. The van der Waals surface area contributed by atoms with Gasteiger partial charge in [-0.1, -0.05) is 0 Å². The molecule has 5 heteroatoms. The highest BCUT2D eigenvalue weighted by Crippen LogP contribution is 2.29. The number of rotatable bonds is 1. The number of aryl methyl sites for hydroxylation is 1. The Hall–Kier alpha value is -1.10. The van der Waals surface area contributed by atoms with Crippen LogP contribution in [0.4, 0.5) is 10.0 Å². The van der Waals surface area contributed by atoms with E-state index in [-0.39, 0.29) is 5.00 Å². The average molecular weight is 158 g/mol. The highest BCUT2D eigenvalue weighted by atomic mass is 32.1. The summed E-state index contributed by atoms with van der Waals surface area (Å²) in [6.07, 6.45) is 0. The zero-order valence-electron chi connectivity index (χ0n) is 5.33. The van der Waals surface area contributed by atoms with Crippen LogP contribution in [-0.2, 0) is 0 Å². The van der Waals surface area contributed by atoms with E-state index in [9.17, 15) is 10.1 Å². The molecule has 0 bridgehead atoms. The van der Waals surface area contributed by atoms with Gasteiger partial charge in [0.05, 0.1) is 9.92 Å². The molecule has 1 aromatic rings. The fourth-order valence-electron chi connectivity index (χ4n) is 0.569. The Balaban J connectivity index is 3.10. The first kappa shape index (κ1) is 7.01. The molecule has 1 aromatic heterocycles. The number of nitrogen functional groups attached to an aromatic ring is 1. The van der Waals surface area contributed by atoms with Crippen molar-refractivity contribution >= 4 is 21.3 Å². The number of nitrogens with zero attached hydrogens (tertiary/aromatic N) is 1. The van der Waals surface area contributed by atoms with E-state index in [0.29, 0.717) is 5.00 Å². The fourth-order valence-corrected chi connectivity index (χ4v) is 1.32. The van der Waals surface area contributed by atoms with Gasteiger partial charge in [0.1, 0.15) is 0 Å². The molecular formula is C5H6N2O2S. The van der Waals surface area contributed by atoms with E-state index in [1.165, 1.54) is 6.07 Å². The van der Waals surface area contributed by atoms with Crippen molar-refractivity contribution in [3.05, 3.63) is 21.7 Å². The summed E-state index contributed by atoms with van der Waals surface area (Å²) in [5.41, 5.74) is 6.17. The molecule has 0 fully saturated rings. The lowest BCUT2D eigenvalue weighted by Gasteiger charge is -1.79. The fraction of sp³-hybridized carbons (Fsp3) is 0.200. The van der Waals surface area contributed by atoms with Gasteiger partial charge < -0.3 is 5.73 Å². The zero-order valence-corrected chi connectivity index (χ0v) is 6.14. The second-order valence-corrected chi connectivity index (χ2v) is 2.95. The number of nitro groups is 1. The van der Waals surface area contributed by atoms with Crippen LogP contribution in [0.3, 0.4) is 0 Å². The van der Waals surface area contributed by atoms with Crippen LogP contribution in [0.5, 0.6) is 0 Å². The summed E-state index contributed by atoms with van der Waals surface area (Å²) in [6.45, 7) is 1.75. The third-order valence-electron chi connectivity index (χ3n) is 1.12. The van der Waals surface area contributed by atoms with Gasteiger partial charge in [-0.2, -0.15) is 0 Å². The quantitative estimate of drug-likeness (QED) is 0.498. The molecule has 0 radical (unpaired) electrons. The van der Waals surface area contributed by atoms with Gasteiger partial charge in [-0.25, -0.2) is 0 Å². The Bertz CT molecular complexity index is 249. The standard InChI is InChI=1S/C5H6N2O2S/c1-3-2-4(7(8)9)10-5(3)6/h2H,6H2,1H3. The molecule has 54 valence electrons. The van der Waals surface area contributed by atoms with E-state index in [1.807, 2.05) is 0 Å². The van der Waals surface area contributed by atoms with Crippen LogP contribution >= 0.6 is 11.3 Å². The monoisotopic (exact) mass is 158 g/mol. The first-order chi connectivity index (χ1) is 4.61. The van der Waals surface area contributed by atoms with E-state index < -0.39 is 4.92 Å². The van der Waals surface area contributed by atoms with Gasteiger partial charge in [-0.15, -0.1) is 0 Å². The summed E-state index contributed by atoms with van der Waals surface area (Å²) in [7, 11) is 0. The molecule has 0 unspecified atom stereocenters. The van der Waals surface area contributed by atoms with Crippen LogP contribution in [0.15, 0.2) is 6.07 Å². The van der Waals surface area contributed by atoms with Gasteiger partial charge in [0.15, 0.2) is 0 Å². The van der Waals surface area contributed by atoms with E-state index in [0.717, 1.165) is 16.9 Å². The molecule has 0 aliphatic rings. The predicted octanol–water partition coefficient (Wildman–Crippen LogP) is 1.55. The summed E-state index contributed by atoms with van der Waals surface area (Å²) in [6, 6.07) is 1.47. The maximum atomic E-state index is 10.1. The van der Waals surface area contributed by atoms with Crippen LogP contribution in [-0.4, -0.2) is 4.92 Å². The third kappa shape index (κ3) is 1.08. The van der Waals surface area contributed by atoms with Crippen molar-refractivity contribution < 1.29 is 4.92 Å². The summed E-state index contributed by atoms with van der Waals surface area (Å²) in [4.78, 5) is 9.69. The van der Waals surface area contributed by atoms with Gasteiger partial charge in [0.2, 0.25) is 0 Å². The van der Waals surface area contributed by atoms with Gasteiger partial charge in [-0.05, 0) is 23.8 Å². The van der Waals surface area contributed by atoms with Crippen LogP contribution in [0.25, 0.3) is 0 Å². The van der Waals surface area contributed by atoms with Crippen molar-refractivity contribution in [2.75, 3.05) is 5.73 Å². The lowest BCUT2D eigenvalue weighted by molar-refractivity contribution is -0.380. The molecule has 1 heterocycles. The minimum atomic E-state index is -0.436. The molecule has 0 aliphatic heterocycles. The highest BCUT2D eigenvalue weighted by Gasteiger charge is 2.10. The highest BCUT2D eigenvalue weighted by molar-refractivity contribution is 7.19. The van der Waals surface area contributed by atoms with Gasteiger partial charge in [0, 0.05) is 6.07 Å². The Kier molecular flexibility index (Phi) is 1.58. The molecule has 0 spiro atoms. The minimum absolute atomic E-state index is 0.106. The SMILES string of the molecule is Cc1cc([N+](=O)[O-])sc1N. The second kappa shape index (κ2) is 2.26. The third-order valence-corrected chi connectivity index (χ3v) is 2.14. The first-order valence-electron chi connectivity index (χ1n) is 2.61. The van der Waals surface area contributed by atoms with Crippen LogP contribution in [0.2, 0.25) is 0 Å². The molecule has 0 aliphatic carbocycles. The molecule has 2 N–H and O–H groups in total. The molecule has 0 saturated heterocycles. The number of anilines is 1. The minimum Gasteiger partial charge on any atom is -0.390 e. The van der Waals surface area contributed by atoms with Crippen molar-refractivity contribution in [3.8, 4) is 0 Å². The largest absolute Gasteiger partial charge is 0.390 e. The van der Waals surface area contributed by atoms with Crippen molar-refractivity contribution in [1.82, 2.24) is 0 Å². The number of hydrogen-bond donors (Lipinski definition) is 1. The van der Waals surface area contributed by atoms with Crippen molar-refractivity contribution in [1.29, 1.82) is 0 Å². The molecule has 0 aromatic carbocycles. The zero-order chi connectivity index (χ0) is 7.72. The lowest BCUT2D eigenvalue weighted by atomic mass is 10.4. The summed E-state index contributed by atoms with van der Waals surface area (Å²) in [5, 5.41) is 10.8. The Morgan fingerprint density at radius 1 is 1.80 bits per heavy atom. The van der Waals surface area contributed by atoms with Crippen molar-refractivity contribution in [3.63, 3.8) is 0 Å². The van der Waals surface area contributed by atoms with Crippen molar-refractivity contribution in [2.45, 2.75) is 6.92 Å². The Morgan fingerprint density at radius 2 is 2.40 bits per heavy atom. The molecule has 0 saturated carbocycles. The van der Waals surface area contributed by atoms with Crippen LogP contribution in [0.1, 0.15) is 5.56 Å². The van der Waals surface area contributed by atoms with Gasteiger partial charge in [0.25, 0.3) is 0 Å². The van der Waals surface area contributed by atoms with Crippen LogP contribution < -0.4 is 5.73 Å². The van der Waals surface area contributed by atoms with E-state index >= 15 is 0 Å². The number of hydrogen-bond acceptors (Lipinski definition) is 4. The van der Waals surface area contributed by atoms with E-state index in [1.54, 1.807) is 6.92 Å². The number of thiophene rings is 1. The summed E-state index contributed by atoms with van der Waals surface area (Å²) < 4.78 is 0. The molecule has 10 heavy (non-hydrogen) atoms. The Morgan fingerprint density at radius 3 is 2.60 bits per heavy atom. The maximum Gasteiger partial charge on any atom is 0.326 e. The molecule has 1 rings (SSSR count). The normalized spacial score (nSPS) is 9.70. The molecular weight excluding hydrogens is 152 g/mol. The average Bonchev–Trinajstić information content (AvgIpc) is 2.13. The van der Waals surface area contributed by atoms with Gasteiger partial charge >= 0.3 is 5.00 Å². The summed E-state index contributed by atoms with van der Waals surface area (Å²) >= 11 is 1.00. The topological polar surface area (TPSA) is 69.2 Å². The first-order valence-corrected chi connectivity index (χ1v) is 3.43. The maximum absolute atomic E-state index is 10.1. The van der Waals surface area contributed by atoms with Crippen LogP contribution in [0, 0.1) is 17.0 Å². The summed E-state index contributed by atoms with van der Waals surface area (Å²) in [5.74, 6) is 0. The predicted molar refractivity (Wildman–Crippen MR) is 40.1 cm³/mol.